The van der Waals surface area contributed by atoms with Crippen LogP contribution in [0.2, 0.25) is 0 Å². The molecule has 70 valence electrons. The normalized spacial score (nSPS) is 15.2. The Kier molecular flexibility index (Phi) is 1.94. The zero-order valence-electron chi connectivity index (χ0n) is 8.41. The van der Waals surface area contributed by atoms with E-state index in [0.717, 1.165) is 24.6 Å². The summed E-state index contributed by atoms with van der Waals surface area (Å²) < 4.78 is 0. The summed E-state index contributed by atoms with van der Waals surface area (Å²) in [4.78, 5) is 11.1. The van der Waals surface area contributed by atoms with Crippen molar-refractivity contribution in [1.29, 1.82) is 0 Å². The van der Waals surface area contributed by atoms with Crippen LogP contribution in [0.1, 0.15) is 31.2 Å². The minimum atomic E-state index is 0.416. The molecule has 0 spiro atoms. The van der Waals surface area contributed by atoms with Crippen LogP contribution in [0.5, 0.6) is 0 Å². The third-order valence-corrected chi connectivity index (χ3v) is 2.45. The van der Waals surface area contributed by atoms with Gasteiger partial charge in [0.15, 0.2) is 0 Å². The Morgan fingerprint density at radius 3 is 2.92 bits per heavy atom. The Morgan fingerprint density at radius 1 is 1.46 bits per heavy atom. The molecule has 0 radical (unpaired) electrons. The quantitative estimate of drug-likeness (QED) is 0.652. The first kappa shape index (κ1) is 8.48. The highest BCUT2D eigenvalue weighted by Crippen LogP contribution is 2.24. The van der Waals surface area contributed by atoms with Crippen molar-refractivity contribution in [3.8, 4) is 0 Å². The number of hydrogen-bond acceptors (Lipinski definition) is 3. The van der Waals surface area contributed by atoms with Crippen molar-refractivity contribution in [1.82, 2.24) is 9.97 Å². The molecule has 2 heterocycles. The lowest BCUT2D eigenvalue weighted by Gasteiger charge is -2.12. The van der Waals surface area contributed by atoms with Gasteiger partial charge in [-0.3, -0.25) is 0 Å². The maximum atomic E-state index is 4.55. The molecule has 13 heavy (non-hydrogen) atoms. The van der Waals surface area contributed by atoms with Gasteiger partial charge in [0.25, 0.3) is 0 Å². The van der Waals surface area contributed by atoms with Gasteiger partial charge >= 0.3 is 0 Å². The van der Waals surface area contributed by atoms with E-state index in [2.05, 4.69) is 35.8 Å². The number of likely N-dealkylation sites (N-methyl/N-ethyl adjacent to an activating group) is 1. The molecule has 1 aliphatic heterocycles. The van der Waals surface area contributed by atoms with E-state index < -0.39 is 0 Å². The lowest BCUT2D eigenvalue weighted by atomic mass is 10.2. The van der Waals surface area contributed by atoms with E-state index in [0.29, 0.717) is 5.92 Å². The second-order valence-corrected chi connectivity index (χ2v) is 3.90. The number of fused-ring (bicyclic) bond motifs is 1. The van der Waals surface area contributed by atoms with Gasteiger partial charge in [-0.15, -0.1) is 0 Å². The molecule has 0 bridgehead atoms. The summed E-state index contributed by atoms with van der Waals surface area (Å²) in [6.45, 7) is 5.32. The van der Waals surface area contributed by atoms with Gasteiger partial charge in [0.05, 0.1) is 0 Å². The van der Waals surface area contributed by atoms with Gasteiger partial charge in [-0.1, -0.05) is 13.8 Å². The predicted octanol–water partition coefficient (Wildman–Crippen LogP) is 1.59. The zero-order valence-corrected chi connectivity index (χ0v) is 8.41. The van der Waals surface area contributed by atoms with Crippen molar-refractivity contribution >= 4 is 5.82 Å². The van der Waals surface area contributed by atoms with Crippen LogP contribution in [0.4, 0.5) is 5.82 Å². The van der Waals surface area contributed by atoms with E-state index in [1.807, 2.05) is 6.20 Å². The molecule has 1 aliphatic rings. The first-order valence-electron chi connectivity index (χ1n) is 4.75. The van der Waals surface area contributed by atoms with Crippen molar-refractivity contribution < 1.29 is 0 Å². The molecule has 0 saturated heterocycles. The van der Waals surface area contributed by atoms with Crippen LogP contribution in [-0.4, -0.2) is 23.6 Å². The van der Waals surface area contributed by atoms with Gasteiger partial charge in [-0.2, -0.15) is 0 Å². The first-order valence-corrected chi connectivity index (χ1v) is 4.75. The van der Waals surface area contributed by atoms with E-state index in [1.54, 1.807) is 0 Å². The molecular weight excluding hydrogens is 162 g/mol. The molecule has 2 rings (SSSR count). The number of rotatable bonds is 1. The van der Waals surface area contributed by atoms with Gasteiger partial charge in [0, 0.05) is 31.3 Å². The van der Waals surface area contributed by atoms with Crippen molar-refractivity contribution in [2.45, 2.75) is 26.2 Å². The van der Waals surface area contributed by atoms with Gasteiger partial charge in [-0.25, -0.2) is 9.97 Å². The third-order valence-electron chi connectivity index (χ3n) is 2.45. The molecule has 0 atom stereocenters. The van der Waals surface area contributed by atoms with Crippen molar-refractivity contribution in [2.24, 2.45) is 0 Å². The predicted molar refractivity (Wildman–Crippen MR) is 53.1 cm³/mol. The summed E-state index contributed by atoms with van der Waals surface area (Å²) in [5, 5.41) is 0. The van der Waals surface area contributed by atoms with Crippen LogP contribution < -0.4 is 4.90 Å². The highest BCUT2D eigenvalue weighted by atomic mass is 15.2. The monoisotopic (exact) mass is 177 g/mol. The number of anilines is 1. The van der Waals surface area contributed by atoms with Crippen LogP contribution >= 0.6 is 0 Å². The van der Waals surface area contributed by atoms with Gasteiger partial charge in [0.1, 0.15) is 11.6 Å². The Hall–Kier alpha value is -1.12. The summed E-state index contributed by atoms with van der Waals surface area (Å²) >= 11 is 0. The maximum absolute atomic E-state index is 4.55. The number of nitrogens with zero attached hydrogens (tertiary/aromatic N) is 3. The molecule has 3 nitrogen and oxygen atoms in total. The minimum Gasteiger partial charge on any atom is -0.359 e. The highest BCUT2D eigenvalue weighted by molar-refractivity contribution is 5.50. The fraction of sp³-hybridized carbons (Fsp3) is 0.600. The number of aromatic nitrogens is 2. The van der Waals surface area contributed by atoms with Crippen molar-refractivity contribution in [2.75, 3.05) is 18.5 Å². The Labute approximate surface area is 78.8 Å². The fourth-order valence-electron chi connectivity index (χ4n) is 1.59. The van der Waals surface area contributed by atoms with Crippen LogP contribution in [0.25, 0.3) is 0 Å². The summed E-state index contributed by atoms with van der Waals surface area (Å²) in [5.41, 5.74) is 1.28. The molecule has 0 saturated carbocycles. The molecule has 1 aromatic heterocycles. The summed E-state index contributed by atoms with van der Waals surface area (Å²) in [6.07, 6.45) is 3.06. The molecule has 3 heteroatoms. The SMILES string of the molecule is CC(C)c1ncc2c(n1)N(C)CC2. The van der Waals surface area contributed by atoms with E-state index in [4.69, 9.17) is 0 Å². The van der Waals surface area contributed by atoms with Crippen molar-refractivity contribution in [3.63, 3.8) is 0 Å². The molecule has 0 unspecified atom stereocenters. The van der Waals surface area contributed by atoms with E-state index in [9.17, 15) is 0 Å². The zero-order chi connectivity index (χ0) is 9.42. The van der Waals surface area contributed by atoms with Gasteiger partial charge in [-0.05, 0) is 6.42 Å². The lowest BCUT2D eigenvalue weighted by molar-refractivity contribution is 0.771. The van der Waals surface area contributed by atoms with Gasteiger partial charge < -0.3 is 4.90 Å². The maximum Gasteiger partial charge on any atom is 0.135 e. The van der Waals surface area contributed by atoms with Crippen LogP contribution in [0.3, 0.4) is 0 Å². The summed E-state index contributed by atoms with van der Waals surface area (Å²) in [6, 6.07) is 0. The molecule has 0 fully saturated rings. The Bertz CT molecular complexity index is 320. The third kappa shape index (κ3) is 1.39. The molecule has 1 aromatic rings. The van der Waals surface area contributed by atoms with Crippen LogP contribution in [0.15, 0.2) is 6.20 Å². The molecular formula is C10H15N3. The fourth-order valence-corrected chi connectivity index (χ4v) is 1.59. The van der Waals surface area contributed by atoms with E-state index in [-0.39, 0.29) is 0 Å². The minimum absolute atomic E-state index is 0.416. The summed E-state index contributed by atoms with van der Waals surface area (Å²) in [5.74, 6) is 2.49. The van der Waals surface area contributed by atoms with Gasteiger partial charge in [0.2, 0.25) is 0 Å². The standard InChI is InChI=1S/C10H15N3/c1-7(2)9-11-6-8-4-5-13(3)10(8)12-9/h6-7H,4-5H2,1-3H3. The second kappa shape index (κ2) is 2.98. The Balaban J connectivity index is 2.42. The Morgan fingerprint density at radius 2 is 2.23 bits per heavy atom. The smallest absolute Gasteiger partial charge is 0.135 e. The topological polar surface area (TPSA) is 29.0 Å². The average molecular weight is 177 g/mol. The van der Waals surface area contributed by atoms with E-state index in [1.165, 1.54) is 5.56 Å². The largest absolute Gasteiger partial charge is 0.359 e. The lowest BCUT2D eigenvalue weighted by Crippen LogP contribution is -2.14. The molecule has 0 amide bonds. The molecule has 0 aliphatic carbocycles. The molecule has 0 N–H and O–H groups in total. The van der Waals surface area contributed by atoms with E-state index >= 15 is 0 Å². The first-order chi connectivity index (χ1) is 6.18. The summed E-state index contributed by atoms with van der Waals surface area (Å²) in [7, 11) is 2.09. The second-order valence-electron chi connectivity index (χ2n) is 3.90. The number of hydrogen-bond donors (Lipinski definition) is 0. The highest BCUT2D eigenvalue weighted by Gasteiger charge is 2.18. The van der Waals surface area contributed by atoms with Crippen molar-refractivity contribution in [3.05, 3.63) is 17.6 Å². The molecule has 0 aromatic carbocycles. The van der Waals surface area contributed by atoms with Crippen LogP contribution in [0, 0.1) is 0 Å². The average Bonchev–Trinajstić information content (AvgIpc) is 2.47. The van der Waals surface area contributed by atoms with Crippen LogP contribution in [-0.2, 0) is 6.42 Å².